The van der Waals surface area contributed by atoms with Gasteiger partial charge in [0.05, 0.1) is 12.8 Å². The van der Waals surface area contributed by atoms with Crippen molar-refractivity contribution in [3.8, 4) is 5.75 Å². The molecular weight excluding hydrogens is 170 g/mol. The Kier molecular flexibility index (Phi) is 2.74. The van der Waals surface area contributed by atoms with Gasteiger partial charge in [0.2, 0.25) is 0 Å². The second-order valence-corrected chi connectivity index (χ2v) is 2.54. The Hall–Kier alpha value is -1.71. The Morgan fingerprint density at radius 1 is 1.46 bits per heavy atom. The van der Waals surface area contributed by atoms with Gasteiger partial charge in [0.15, 0.2) is 5.75 Å². The van der Waals surface area contributed by atoms with Crippen LogP contribution in [-0.4, -0.2) is 13.3 Å². The maximum Gasteiger partial charge on any atom is 0.513 e. The minimum absolute atomic E-state index is 0.326. The SMILES string of the molecule is COC(=O)Oc1cccc(C)c1N. The van der Waals surface area contributed by atoms with Gasteiger partial charge in [0, 0.05) is 0 Å². The molecule has 70 valence electrons. The van der Waals surface area contributed by atoms with Crippen molar-refractivity contribution < 1.29 is 14.3 Å². The van der Waals surface area contributed by atoms with E-state index >= 15 is 0 Å². The number of aryl methyl sites for hydroxylation is 1. The second-order valence-electron chi connectivity index (χ2n) is 2.54. The third kappa shape index (κ3) is 2.11. The highest BCUT2D eigenvalue weighted by atomic mass is 16.7. The van der Waals surface area contributed by atoms with E-state index in [9.17, 15) is 4.79 Å². The van der Waals surface area contributed by atoms with Crippen LogP contribution in [0.3, 0.4) is 0 Å². The van der Waals surface area contributed by atoms with Crippen molar-refractivity contribution in [2.75, 3.05) is 12.8 Å². The maximum atomic E-state index is 10.7. The number of carbonyl (C=O) groups excluding carboxylic acids is 1. The number of ether oxygens (including phenoxy) is 2. The molecule has 4 heteroatoms. The van der Waals surface area contributed by atoms with Crippen LogP contribution in [0.4, 0.5) is 10.5 Å². The van der Waals surface area contributed by atoms with Gasteiger partial charge < -0.3 is 15.2 Å². The number of benzene rings is 1. The predicted octanol–water partition coefficient (Wildman–Crippen LogP) is 1.72. The van der Waals surface area contributed by atoms with E-state index in [1.54, 1.807) is 12.1 Å². The minimum Gasteiger partial charge on any atom is -0.437 e. The first-order valence-electron chi connectivity index (χ1n) is 3.76. The molecule has 0 aliphatic heterocycles. The van der Waals surface area contributed by atoms with Gasteiger partial charge in [-0.15, -0.1) is 0 Å². The van der Waals surface area contributed by atoms with E-state index in [1.165, 1.54) is 7.11 Å². The van der Waals surface area contributed by atoms with Crippen molar-refractivity contribution in [3.63, 3.8) is 0 Å². The van der Waals surface area contributed by atoms with Gasteiger partial charge in [-0.2, -0.15) is 0 Å². The normalized spacial score (nSPS) is 9.38. The molecule has 0 radical (unpaired) electrons. The highest BCUT2D eigenvalue weighted by molar-refractivity contribution is 5.68. The van der Waals surface area contributed by atoms with Gasteiger partial charge in [-0.25, -0.2) is 4.79 Å². The molecule has 0 saturated carbocycles. The summed E-state index contributed by atoms with van der Waals surface area (Å²) in [5, 5.41) is 0. The third-order valence-corrected chi connectivity index (χ3v) is 1.64. The standard InChI is InChI=1S/C9H11NO3/c1-6-4-3-5-7(8(6)10)13-9(11)12-2/h3-5H,10H2,1-2H3. The molecular formula is C9H11NO3. The largest absolute Gasteiger partial charge is 0.513 e. The molecule has 0 atom stereocenters. The maximum absolute atomic E-state index is 10.7. The lowest BCUT2D eigenvalue weighted by Crippen LogP contribution is -2.09. The summed E-state index contributed by atoms with van der Waals surface area (Å²) in [6.45, 7) is 1.83. The van der Waals surface area contributed by atoms with Crippen molar-refractivity contribution in [1.29, 1.82) is 0 Å². The molecule has 1 aromatic carbocycles. The number of hydrogen-bond donors (Lipinski definition) is 1. The average molecular weight is 181 g/mol. The molecule has 1 rings (SSSR count). The molecule has 13 heavy (non-hydrogen) atoms. The lowest BCUT2D eigenvalue weighted by molar-refractivity contribution is 0.121. The van der Waals surface area contributed by atoms with E-state index in [2.05, 4.69) is 4.74 Å². The smallest absolute Gasteiger partial charge is 0.437 e. The van der Waals surface area contributed by atoms with Gasteiger partial charge in [0.1, 0.15) is 0 Å². The fraction of sp³-hybridized carbons (Fsp3) is 0.222. The van der Waals surface area contributed by atoms with E-state index < -0.39 is 6.16 Å². The van der Waals surface area contributed by atoms with Crippen molar-refractivity contribution in [1.82, 2.24) is 0 Å². The summed E-state index contributed by atoms with van der Waals surface area (Å²) < 4.78 is 9.12. The molecule has 2 N–H and O–H groups in total. The first-order chi connectivity index (χ1) is 6.15. The summed E-state index contributed by atoms with van der Waals surface area (Å²) >= 11 is 0. The molecule has 0 amide bonds. The van der Waals surface area contributed by atoms with Crippen LogP contribution in [-0.2, 0) is 4.74 Å². The van der Waals surface area contributed by atoms with Gasteiger partial charge in [-0.05, 0) is 18.6 Å². The Balaban J connectivity index is 2.89. The van der Waals surface area contributed by atoms with E-state index in [4.69, 9.17) is 10.5 Å². The first kappa shape index (κ1) is 9.38. The van der Waals surface area contributed by atoms with Crippen molar-refractivity contribution >= 4 is 11.8 Å². The van der Waals surface area contributed by atoms with Crippen LogP contribution in [0.2, 0.25) is 0 Å². The van der Waals surface area contributed by atoms with E-state index in [1.807, 2.05) is 13.0 Å². The molecule has 0 aliphatic rings. The molecule has 0 aliphatic carbocycles. The van der Waals surface area contributed by atoms with Crippen molar-refractivity contribution in [2.24, 2.45) is 0 Å². The first-order valence-corrected chi connectivity index (χ1v) is 3.76. The molecule has 0 spiro atoms. The molecule has 0 saturated heterocycles. The molecule has 1 aromatic rings. The van der Waals surface area contributed by atoms with Crippen LogP contribution in [0.15, 0.2) is 18.2 Å². The zero-order chi connectivity index (χ0) is 9.84. The predicted molar refractivity (Wildman–Crippen MR) is 48.6 cm³/mol. The van der Waals surface area contributed by atoms with Crippen LogP contribution in [0.25, 0.3) is 0 Å². The monoisotopic (exact) mass is 181 g/mol. The number of hydrogen-bond acceptors (Lipinski definition) is 4. The van der Waals surface area contributed by atoms with Crippen LogP contribution in [0.1, 0.15) is 5.56 Å². The highest BCUT2D eigenvalue weighted by Gasteiger charge is 2.07. The number of anilines is 1. The zero-order valence-corrected chi connectivity index (χ0v) is 7.53. The number of para-hydroxylation sites is 1. The fourth-order valence-electron chi connectivity index (χ4n) is 0.874. The number of carbonyl (C=O) groups is 1. The number of nitrogens with two attached hydrogens (primary N) is 1. The lowest BCUT2D eigenvalue weighted by atomic mass is 10.2. The summed E-state index contributed by atoms with van der Waals surface area (Å²) in [6.07, 6.45) is -0.766. The summed E-state index contributed by atoms with van der Waals surface area (Å²) in [4.78, 5) is 10.7. The lowest BCUT2D eigenvalue weighted by Gasteiger charge is -2.06. The fourth-order valence-corrected chi connectivity index (χ4v) is 0.874. The summed E-state index contributed by atoms with van der Waals surface area (Å²) in [5.74, 6) is 0.326. The summed E-state index contributed by atoms with van der Waals surface area (Å²) in [6, 6.07) is 5.20. The molecule has 4 nitrogen and oxygen atoms in total. The minimum atomic E-state index is -0.766. The molecule has 0 bridgehead atoms. The van der Waals surface area contributed by atoms with E-state index in [-0.39, 0.29) is 0 Å². The molecule has 0 fully saturated rings. The van der Waals surface area contributed by atoms with Crippen molar-refractivity contribution in [2.45, 2.75) is 6.92 Å². The second kappa shape index (κ2) is 3.80. The highest BCUT2D eigenvalue weighted by Crippen LogP contribution is 2.24. The number of methoxy groups -OCH3 is 1. The van der Waals surface area contributed by atoms with Crippen LogP contribution < -0.4 is 10.5 Å². The van der Waals surface area contributed by atoms with Crippen LogP contribution in [0, 0.1) is 6.92 Å². The van der Waals surface area contributed by atoms with Gasteiger partial charge >= 0.3 is 6.16 Å². The van der Waals surface area contributed by atoms with E-state index in [0.29, 0.717) is 11.4 Å². The molecule has 0 heterocycles. The molecule has 0 unspecified atom stereocenters. The topological polar surface area (TPSA) is 61.5 Å². The Bertz CT molecular complexity index is 323. The summed E-state index contributed by atoms with van der Waals surface area (Å²) in [5.41, 5.74) is 6.97. The van der Waals surface area contributed by atoms with Gasteiger partial charge in [-0.3, -0.25) is 0 Å². The van der Waals surface area contributed by atoms with Crippen molar-refractivity contribution in [3.05, 3.63) is 23.8 Å². The summed E-state index contributed by atoms with van der Waals surface area (Å²) in [7, 11) is 1.24. The van der Waals surface area contributed by atoms with Crippen LogP contribution in [0.5, 0.6) is 5.75 Å². The van der Waals surface area contributed by atoms with Gasteiger partial charge in [0.25, 0.3) is 0 Å². The zero-order valence-electron chi connectivity index (χ0n) is 7.53. The number of rotatable bonds is 1. The molecule has 0 aromatic heterocycles. The third-order valence-electron chi connectivity index (χ3n) is 1.64. The Morgan fingerprint density at radius 3 is 2.77 bits per heavy atom. The Labute approximate surface area is 76.3 Å². The van der Waals surface area contributed by atoms with Crippen LogP contribution >= 0.6 is 0 Å². The average Bonchev–Trinajstić information content (AvgIpc) is 2.13. The quantitative estimate of drug-likeness (QED) is 0.407. The number of nitrogen functional groups attached to an aromatic ring is 1. The van der Waals surface area contributed by atoms with E-state index in [0.717, 1.165) is 5.56 Å². The van der Waals surface area contributed by atoms with Gasteiger partial charge in [-0.1, -0.05) is 12.1 Å². The Morgan fingerprint density at radius 2 is 2.15 bits per heavy atom.